The van der Waals surface area contributed by atoms with Crippen molar-refractivity contribution in [2.75, 3.05) is 11.9 Å². The molecule has 1 unspecified atom stereocenters. The summed E-state index contributed by atoms with van der Waals surface area (Å²) in [5.74, 6) is 0. The van der Waals surface area contributed by atoms with Crippen LogP contribution >= 0.6 is 0 Å². The van der Waals surface area contributed by atoms with Gasteiger partial charge in [-0.1, -0.05) is 0 Å². The highest BCUT2D eigenvalue weighted by Gasteiger charge is 2.37. The molecule has 1 aromatic rings. The van der Waals surface area contributed by atoms with Gasteiger partial charge in [0, 0.05) is 29.6 Å². The molecule has 1 heterocycles. The lowest BCUT2D eigenvalue weighted by atomic mass is 9.95. The molecular weight excluding hydrogens is 297 g/mol. The minimum absolute atomic E-state index is 0.0569. The summed E-state index contributed by atoms with van der Waals surface area (Å²) in [6, 6.07) is 1.31. The molecule has 0 aromatic heterocycles. The van der Waals surface area contributed by atoms with Crippen LogP contribution in [0.5, 0.6) is 0 Å². The third kappa shape index (κ3) is 3.30. The van der Waals surface area contributed by atoms with Gasteiger partial charge in [0.25, 0.3) is 0 Å². The minimum atomic E-state index is -4.64. The van der Waals surface area contributed by atoms with E-state index in [9.17, 15) is 18.0 Å². The quantitative estimate of drug-likeness (QED) is 0.657. The zero-order valence-electron chi connectivity index (χ0n) is 12.1. The molecule has 7 heteroatoms. The van der Waals surface area contributed by atoms with E-state index in [-0.39, 0.29) is 23.6 Å². The minimum Gasteiger partial charge on any atom is -0.360 e. The Morgan fingerprint density at radius 3 is 2.59 bits per heavy atom. The molecule has 2 N–H and O–H groups in total. The molecule has 0 amide bonds. The first-order valence-corrected chi connectivity index (χ1v) is 6.97. The van der Waals surface area contributed by atoms with Crippen LogP contribution in [0.1, 0.15) is 46.3 Å². The number of aldehydes is 1. The topological polar surface area (TPSA) is 62.2 Å². The summed E-state index contributed by atoms with van der Waals surface area (Å²) in [6.45, 7) is 1.88. The van der Waals surface area contributed by atoms with Crippen molar-refractivity contribution in [3.8, 4) is 0 Å². The monoisotopic (exact) mass is 314 g/mol. The van der Waals surface area contributed by atoms with Crippen molar-refractivity contribution in [3.05, 3.63) is 28.3 Å². The molecule has 0 bridgehead atoms. The number of carbonyl (C=O) groups excluding carboxylic acids is 1. The number of anilines is 1. The second-order valence-corrected chi connectivity index (χ2v) is 5.20. The van der Waals surface area contributed by atoms with Crippen molar-refractivity contribution in [2.45, 2.75) is 38.6 Å². The number of carbonyl (C=O) groups is 1. The summed E-state index contributed by atoms with van der Waals surface area (Å²) in [5, 5.41) is 10.4. The molecule has 1 saturated heterocycles. The number of aryl methyl sites for hydroxylation is 1. The number of hydrogen-bond acceptors (Lipinski definition) is 4. The van der Waals surface area contributed by atoms with Crippen LogP contribution in [0.2, 0.25) is 0 Å². The maximum Gasteiger partial charge on any atom is 0.417 e. The first-order valence-electron chi connectivity index (χ1n) is 6.97. The number of benzene rings is 1. The van der Waals surface area contributed by atoms with Crippen molar-refractivity contribution in [1.29, 1.82) is 5.41 Å². The van der Waals surface area contributed by atoms with Gasteiger partial charge < -0.3 is 15.5 Å². The van der Waals surface area contributed by atoms with Gasteiger partial charge in [0.05, 0.1) is 5.56 Å². The summed E-state index contributed by atoms with van der Waals surface area (Å²) in [7, 11) is 0. The van der Waals surface area contributed by atoms with Crippen molar-refractivity contribution in [3.63, 3.8) is 0 Å². The second kappa shape index (κ2) is 6.48. The molecule has 0 spiro atoms. The van der Waals surface area contributed by atoms with Gasteiger partial charge in [-0.15, -0.1) is 0 Å². The van der Waals surface area contributed by atoms with E-state index >= 15 is 0 Å². The molecule has 120 valence electrons. The van der Waals surface area contributed by atoms with Crippen LogP contribution in [0, 0.1) is 12.3 Å². The predicted molar refractivity (Wildman–Crippen MR) is 76.7 cm³/mol. The Morgan fingerprint density at radius 2 is 2.09 bits per heavy atom. The van der Waals surface area contributed by atoms with E-state index < -0.39 is 17.3 Å². The van der Waals surface area contributed by atoms with E-state index in [0.717, 1.165) is 25.5 Å². The largest absolute Gasteiger partial charge is 0.417 e. The van der Waals surface area contributed by atoms with Gasteiger partial charge >= 0.3 is 6.18 Å². The third-order valence-corrected chi connectivity index (χ3v) is 3.65. The Hall–Kier alpha value is -1.89. The summed E-state index contributed by atoms with van der Waals surface area (Å²) in [6.07, 6.45) is -1.40. The Balaban J connectivity index is 2.49. The van der Waals surface area contributed by atoms with Crippen molar-refractivity contribution in [1.82, 2.24) is 0 Å². The lowest BCUT2D eigenvalue weighted by molar-refractivity contribution is -0.138. The van der Waals surface area contributed by atoms with Gasteiger partial charge in [0.15, 0.2) is 6.29 Å². The van der Waals surface area contributed by atoms with Gasteiger partial charge in [0.1, 0.15) is 6.23 Å². The highest BCUT2D eigenvalue weighted by atomic mass is 19.4. The molecule has 1 atom stereocenters. The Bertz CT molecular complexity index is 579. The van der Waals surface area contributed by atoms with Crippen LogP contribution < -0.4 is 5.32 Å². The summed E-state index contributed by atoms with van der Waals surface area (Å²) in [4.78, 5) is 11.2. The summed E-state index contributed by atoms with van der Waals surface area (Å²) in [5.41, 5.74) is -1.31. The van der Waals surface area contributed by atoms with Crippen LogP contribution in [0.3, 0.4) is 0 Å². The number of rotatable bonds is 4. The molecule has 2 rings (SSSR count). The fourth-order valence-electron chi connectivity index (χ4n) is 2.66. The van der Waals surface area contributed by atoms with Crippen LogP contribution in [0.15, 0.2) is 6.07 Å². The maximum atomic E-state index is 13.1. The molecule has 0 aliphatic carbocycles. The molecule has 0 saturated carbocycles. The van der Waals surface area contributed by atoms with Crippen molar-refractivity contribution in [2.24, 2.45) is 0 Å². The number of nitrogens with one attached hydrogen (secondary N) is 2. The van der Waals surface area contributed by atoms with E-state index in [1.807, 2.05) is 0 Å². The first kappa shape index (κ1) is 16.5. The normalized spacial score (nSPS) is 18.8. The van der Waals surface area contributed by atoms with E-state index in [1.54, 1.807) is 0 Å². The van der Waals surface area contributed by atoms with E-state index in [1.165, 1.54) is 13.0 Å². The van der Waals surface area contributed by atoms with Crippen LogP contribution in [-0.2, 0) is 10.9 Å². The SMILES string of the molecule is Cc1cc(NC2CCCCO2)c(C=N)c(C=O)c1C(F)(F)F. The van der Waals surface area contributed by atoms with Gasteiger partial charge in [0.2, 0.25) is 0 Å². The predicted octanol–water partition coefficient (Wildman–Crippen LogP) is 3.76. The second-order valence-electron chi connectivity index (χ2n) is 5.20. The molecule has 1 aliphatic heterocycles. The molecule has 4 nitrogen and oxygen atoms in total. The number of halogens is 3. The lowest BCUT2D eigenvalue weighted by Gasteiger charge is -2.26. The molecule has 22 heavy (non-hydrogen) atoms. The highest BCUT2D eigenvalue weighted by molar-refractivity contribution is 5.98. The van der Waals surface area contributed by atoms with Crippen LogP contribution in [0.4, 0.5) is 18.9 Å². The molecule has 0 radical (unpaired) electrons. The van der Waals surface area contributed by atoms with Crippen molar-refractivity contribution >= 4 is 18.2 Å². The lowest BCUT2D eigenvalue weighted by Crippen LogP contribution is -2.28. The number of ether oxygens (including phenoxy) is 1. The van der Waals surface area contributed by atoms with Crippen LogP contribution in [-0.4, -0.2) is 25.3 Å². The first-order chi connectivity index (χ1) is 10.4. The average molecular weight is 314 g/mol. The molecular formula is C15H17F3N2O2. The van der Waals surface area contributed by atoms with E-state index in [0.29, 0.717) is 12.3 Å². The average Bonchev–Trinajstić information content (AvgIpc) is 2.46. The fourth-order valence-corrected chi connectivity index (χ4v) is 2.66. The Labute approximate surface area is 126 Å². The summed E-state index contributed by atoms with van der Waals surface area (Å²) >= 11 is 0. The smallest absolute Gasteiger partial charge is 0.360 e. The van der Waals surface area contributed by atoms with Gasteiger partial charge in [-0.2, -0.15) is 13.2 Å². The zero-order valence-corrected chi connectivity index (χ0v) is 12.1. The fraction of sp³-hybridized carbons (Fsp3) is 0.467. The highest BCUT2D eigenvalue weighted by Crippen LogP contribution is 2.37. The Kier molecular flexibility index (Phi) is 4.85. The molecule has 1 aromatic carbocycles. The maximum absolute atomic E-state index is 13.1. The van der Waals surface area contributed by atoms with E-state index in [4.69, 9.17) is 10.1 Å². The van der Waals surface area contributed by atoms with Gasteiger partial charge in [-0.3, -0.25) is 4.79 Å². The van der Waals surface area contributed by atoms with Gasteiger partial charge in [-0.25, -0.2) is 0 Å². The van der Waals surface area contributed by atoms with E-state index in [2.05, 4.69) is 5.32 Å². The standard InChI is InChI=1S/C15H17F3N2O2/c1-9-6-12(20-13-4-2-3-5-22-13)10(7-19)11(8-21)14(9)15(16,17)18/h6-8,13,19-20H,2-5H2,1H3. The molecule has 1 fully saturated rings. The number of hydrogen-bond donors (Lipinski definition) is 2. The van der Waals surface area contributed by atoms with Crippen LogP contribution in [0.25, 0.3) is 0 Å². The van der Waals surface area contributed by atoms with Gasteiger partial charge in [-0.05, 0) is 37.8 Å². The number of alkyl halides is 3. The zero-order chi connectivity index (χ0) is 16.3. The third-order valence-electron chi connectivity index (χ3n) is 3.65. The van der Waals surface area contributed by atoms with Crippen molar-refractivity contribution < 1.29 is 22.7 Å². The Morgan fingerprint density at radius 1 is 1.36 bits per heavy atom. The summed E-state index contributed by atoms with van der Waals surface area (Å²) < 4.78 is 44.9. The molecule has 1 aliphatic rings.